The molecule has 0 heterocycles. The molecular formula is C29H33Cl2N3O4S. The molecule has 0 aromatic heterocycles. The Morgan fingerprint density at radius 1 is 0.949 bits per heavy atom. The highest BCUT2D eigenvalue weighted by atomic mass is 35.5. The van der Waals surface area contributed by atoms with Crippen LogP contribution in [0.25, 0.3) is 0 Å². The molecule has 0 radical (unpaired) electrons. The van der Waals surface area contributed by atoms with Crippen molar-refractivity contribution in [2.45, 2.75) is 51.6 Å². The molecule has 2 amide bonds. The first-order chi connectivity index (χ1) is 18.4. The van der Waals surface area contributed by atoms with Crippen LogP contribution in [0.3, 0.4) is 0 Å². The number of nitrogens with zero attached hydrogens (tertiary/aromatic N) is 2. The van der Waals surface area contributed by atoms with Crippen molar-refractivity contribution < 1.29 is 18.0 Å². The van der Waals surface area contributed by atoms with Crippen molar-refractivity contribution in [3.63, 3.8) is 0 Å². The fourth-order valence-corrected chi connectivity index (χ4v) is 5.84. The van der Waals surface area contributed by atoms with Gasteiger partial charge in [0.1, 0.15) is 12.6 Å². The lowest BCUT2D eigenvalue weighted by atomic mass is 10.1. The zero-order valence-corrected chi connectivity index (χ0v) is 24.8. The largest absolute Gasteiger partial charge is 0.354 e. The summed E-state index contributed by atoms with van der Waals surface area (Å²) in [6, 6.07) is 17.4. The Kier molecular flexibility index (Phi) is 10.4. The molecule has 1 atom stereocenters. The molecule has 0 bridgehead atoms. The normalized spacial score (nSPS) is 12.1. The summed E-state index contributed by atoms with van der Waals surface area (Å²) in [6.45, 7) is 7.16. The number of hydrogen-bond acceptors (Lipinski definition) is 4. The van der Waals surface area contributed by atoms with Crippen LogP contribution < -0.4 is 9.62 Å². The molecule has 0 aliphatic rings. The van der Waals surface area contributed by atoms with Crippen LogP contribution in [0, 0.1) is 13.8 Å². The highest BCUT2D eigenvalue weighted by molar-refractivity contribution is 7.92. The molecule has 0 saturated carbocycles. The summed E-state index contributed by atoms with van der Waals surface area (Å²) < 4.78 is 28.8. The standard InChI is InChI=1S/C29H33Cl2N3O4S/c1-5-15-32-29(36)22(4)33(18-23-11-12-24(30)17-27(23)31)28(35)19-34(25-8-6-7-21(3)16-25)39(37,38)26-13-9-20(2)10-14-26/h6-14,16-17,22H,5,15,18-19H2,1-4H3,(H,32,36). The molecule has 0 saturated heterocycles. The Balaban J connectivity index is 2.04. The number of hydrogen-bond donors (Lipinski definition) is 1. The van der Waals surface area contributed by atoms with Crippen LogP contribution in [0.4, 0.5) is 5.69 Å². The molecule has 1 N–H and O–H groups in total. The molecule has 0 fully saturated rings. The van der Waals surface area contributed by atoms with Crippen molar-refractivity contribution in [3.05, 3.63) is 93.5 Å². The molecule has 0 spiro atoms. The maximum absolute atomic E-state index is 13.9. The second-order valence-corrected chi connectivity index (χ2v) is 12.1. The Bertz CT molecular complexity index is 1430. The fraction of sp³-hybridized carbons (Fsp3) is 0.310. The van der Waals surface area contributed by atoms with Crippen molar-refractivity contribution >= 4 is 50.7 Å². The van der Waals surface area contributed by atoms with Gasteiger partial charge in [0.2, 0.25) is 11.8 Å². The second kappa shape index (κ2) is 13.3. The summed E-state index contributed by atoms with van der Waals surface area (Å²) in [6.07, 6.45) is 0.728. The molecular weight excluding hydrogens is 557 g/mol. The van der Waals surface area contributed by atoms with E-state index in [4.69, 9.17) is 23.2 Å². The SMILES string of the molecule is CCCNC(=O)C(C)N(Cc1ccc(Cl)cc1Cl)C(=O)CN(c1cccc(C)c1)S(=O)(=O)c1ccc(C)cc1. The van der Waals surface area contributed by atoms with Gasteiger partial charge in [-0.05, 0) is 74.7 Å². The molecule has 3 rings (SSSR count). The monoisotopic (exact) mass is 589 g/mol. The van der Waals surface area contributed by atoms with E-state index in [9.17, 15) is 18.0 Å². The summed E-state index contributed by atoms with van der Waals surface area (Å²) in [7, 11) is -4.12. The number of rotatable bonds is 11. The molecule has 0 aliphatic carbocycles. The maximum atomic E-state index is 13.9. The van der Waals surface area contributed by atoms with Gasteiger partial charge in [0.15, 0.2) is 0 Å². The number of sulfonamides is 1. The van der Waals surface area contributed by atoms with E-state index >= 15 is 0 Å². The highest BCUT2D eigenvalue weighted by Crippen LogP contribution is 2.27. The van der Waals surface area contributed by atoms with Gasteiger partial charge in [-0.1, -0.05) is 66.0 Å². The third-order valence-electron chi connectivity index (χ3n) is 6.25. The topological polar surface area (TPSA) is 86.8 Å². The molecule has 3 aromatic carbocycles. The van der Waals surface area contributed by atoms with E-state index in [0.717, 1.165) is 21.9 Å². The van der Waals surface area contributed by atoms with E-state index in [0.29, 0.717) is 27.8 Å². The second-order valence-electron chi connectivity index (χ2n) is 9.39. The smallest absolute Gasteiger partial charge is 0.264 e. The first-order valence-electron chi connectivity index (χ1n) is 12.6. The Morgan fingerprint density at radius 3 is 2.26 bits per heavy atom. The van der Waals surface area contributed by atoms with Crippen LogP contribution in [0.1, 0.15) is 37.0 Å². The van der Waals surface area contributed by atoms with Crippen molar-refractivity contribution in [1.82, 2.24) is 10.2 Å². The van der Waals surface area contributed by atoms with Gasteiger partial charge in [0.25, 0.3) is 10.0 Å². The van der Waals surface area contributed by atoms with Crippen molar-refractivity contribution in [3.8, 4) is 0 Å². The summed E-state index contributed by atoms with van der Waals surface area (Å²) in [5.74, 6) is -0.906. The molecule has 1 unspecified atom stereocenters. The van der Waals surface area contributed by atoms with Gasteiger partial charge >= 0.3 is 0 Å². The summed E-state index contributed by atoms with van der Waals surface area (Å²) in [4.78, 5) is 28.3. The van der Waals surface area contributed by atoms with Crippen LogP contribution in [-0.2, 0) is 26.2 Å². The number of anilines is 1. The Morgan fingerprint density at radius 2 is 1.64 bits per heavy atom. The predicted molar refractivity (Wildman–Crippen MR) is 157 cm³/mol. The van der Waals surface area contributed by atoms with Crippen molar-refractivity contribution in [2.24, 2.45) is 0 Å². The van der Waals surface area contributed by atoms with E-state index in [-0.39, 0.29) is 17.3 Å². The number of benzene rings is 3. The number of carbonyl (C=O) groups is 2. The molecule has 10 heteroatoms. The Hall–Kier alpha value is -3.07. The van der Waals surface area contributed by atoms with Crippen LogP contribution in [-0.4, -0.2) is 44.3 Å². The third-order valence-corrected chi connectivity index (χ3v) is 8.62. The fourth-order valence-electron chi connectivity index (χ4n) is 3.96. The van der Waals surface area contributed by atoms with Crippen molar-refractivity contribution in [2.75, 3.05) is 17.4 Å². The summed E-state index contributed by atoms with van der Waals surface area (Å²) in [5, 5.41) is 3.58. The number of halogens is 2. The first kappa shape index (κ1) is 30.5. The van der Waals surface area contributed by atoms with Crippen LogP contribution in [0.5, 0.6) is 0 Å². The van der Waals surface area contributed by atoms with Crippen LogP contribution in [0.2, 0.25) is 10.0 Å². The lowest BCUT2D eigenvalue weighted by Gasteiger charge is -2.32. The zero-order chi connectivity index (χ0) is 28.7. The molecule has 39 heavy (non-hydrogen) atoms. The number of nitrogens with one attached hydrogen (secondary N) is 1. The van der Waals surface area contributed by atoms with Gasteiger partial charge in [-0.3, -0.25) is 13.9 Å². The van der Waals surface area contributed by atoms with Crippen molar-refractivity contribution in [1.29, 1.82) is 0 Å². The molecule has 0 aliphatic heterocycles. The minimum Gasteiger partial charge on any atom is -0.354 e. The highest BCUT2D eigenvalue weighted by Gasteiger charge is 2.32. The third kappa shape index (κ3) is 7.75. The number of carbonyl (C=O) groups excluding carboxylic acids is 2. The van der Waals surface area contributed by atoms with Gasteiger partial charge in [-0.2, -0.15) is 0 Å². The maximum Gasteiger partial charge on any atom is 0.264 e. The van der Waals surface area contributed by atoms with E-state index in [1.807, 2.05) is 26.8 Å². The average Bonchev–Trinajstić information content (AvgIpc) is 2.89. The molecule has 7 nitrogen and oxygen atoms in total. The van der Waals surface area contributed by atoms with E-state index in [2.05, 4.69) is 5.32 Å². The van der Waals surface area contributed by atoms with E-state index in [1.165, 1.54) is 17.0 Å². The summed E-state index contributed by atoms with van der Waals surface area (Å²) in [5.41, 5.74) is 2.66. The number of amides is 2. The van der Waals surface area contributed by atoms with Gasteiger partial charge in [-0.15, -0.1) is 0 Å². The zero-order valence-electron chi connectivity index (χ0n) is 22.4. The Labute approximate surface area is 240 Å². The first-order valence-corrected chi connectivity index (χ1v) is 14.8. The lowest BCUT2D eigenvalue weighted by molar-refractivity contribution is -0.139. The predicted octanol–water partition coefficient (Wildman–Crippen LogP) is 5.75. The van der Waals surface area contributed by atoms with Crippen LogP contribution >= 0.6 is 23.2 Å². The van der Waals surface area contributed by atoms with Gasteiger partial charge in [-0.25, -0.2) is 8.42 Å². The summed E-state index contributed by atoms with van der Waals surface area (Å²) >= 11 is 12.5. The van der Waals surface area contributed by atoms with E-state index in [1.54, 1.807) is 55.5 Å². The average molecular weight is 591 g/mol. The quantitative estimate of drug-likeness (QED) is 0.308. The van der Waals surface area contributed by atoms with Gasteiger partial charge < -0.3 is 10.2 Å². The van der Waals surface area contributed by atoms with Crippen LogP contribution in [0.15, 0.2) is 71.6 Å². The molecule has 3 aromatic rings. The number of aryl methyl sites for hydroxylation is 2. The molecule has 208 valence electrons. The van der Waals surface area contributed by atoms with Gasteiger partial charge in [0, 0.05) is 23.1 Å². The minimum atomic E-state index is -4.12. The van der Waals surface area contributed by atoms with E-state index < -0.39 is 28.5 Å². The minimum absolute atomic E-state index is 0.0121. The lowest BCUT2D eigenvalue weighted by Crippen LogP contribution is -2.51. The van der Waals surface area contributed by atoms with Gasteiger partial charge in [0.05, 0.1) is 10.6 Å².